The van der Waals surface area contributed by atoms with Crippen LogP contribution in [0.3, 0.4) is 0 Å². The van der Waals surface area contributed by atoms with E-state index in [9.17, 15) is 4.79 Å². The molecule has 2 aromatic rings. The highest BCUT2D eigenvalue weighted by molar-refractivity contribution is 6.30. The molecule has 0 saturated carbocycles. The molecule has 0 atom stereocenters. The zero-order valence-corrected chi connectivity index (χ0v) is 12.5. The van der Waals surface area contributed by atoms with Crippen LogP contribution in [0, 0.1) is 6.92 Å². The van der Waals surface area contributed by atoms with Gasteiger partial charge in [0, 0.05) is 11.6 Å². The van der Waals surface area contributed by atoms with Crippen LogP contribution in [-0.2, 0) is 6.54 Å². The average molecular weight is 305 g/mol. The summed E-state index contributed by atoms with van der Waals surface area (Å²) in [5, 5.41) is 6.01. The normalized spacial score (nSPS) is 10.0. The summed E-state index contributed by atoms with van der Waals surface area (Å²) in [7, 11) is 0. The van der Waals surface area contributed by atoms with Crippen LogP contribution >= 0.6 is 11.6 Å². The van der Waals surface area contributed by atoms with E-state index in [1.165, 1.54) is 0 Å². The molecule has 2 rings (SSSR count). The number of hydrogen-bond donors (Lipinski definition) is 2. The lowest BCUT2D eigenvalue weighted by molar-refractivity contribution is 0.223. The lowest BCUT2D eigenvalue weighted by Gasteiger charge is -2.09. The Morgan fingerprint density at radius 3 is 2.62 bits per heavy atom. The van der Waals surface area contributed by atoms with Gasteiger partial charge in [0.05, 0.1) is 0 Å². The number of nitrogens with one attached hydrogen (secondary N) is 2. The highest BCUT2D eigenvalue weighted by Gasteiger charge is 2.01. The maximum Gasteiger partial charge on any atom is 0.317 e. The molecule has 21 heavy (non-hydrogen) atoms. The van der Waals surface area contributed by atoms with E-state index in [-0.39, 0.29) is 12.8 Å². The molecule has 2 aromatic carbocycles. The SMILES string of the molecule is Cc1ccc(OCNC(=O)NCc2cccc(Cl)c2)cc1. The first-order valence-electron chi connectivity index (χ1n) is 6.59. The van der Waals surface area contributed by atoms with Gasteiger partial charge >= 0.3 is 6.03 Å². The topological polar surface area (TPSA) is 50.4 Å². The Kier molecular flexibility index (Phi) is 5.46. The van der Waals surface area contributed by atoms with E-state index in [1.807, 2.05) is 49.4 Å². The smallest absolute Gasteiger partial charge is 0.317 e. The van der Waals surface area contributed by atoms with Crippen LogP contribution in [0.2, 0.25) is 5.02 Å². The molecule has 0 aromatic heterocycles. The lowest BCUT2D eigenvalue weighted by atomic mass is 10.2. The van der Waals surface area contributed by atoms with Gasteiger partial charge in [0.15, 0.2) is 6.73 Å². The number of carbonyl (C=O) groups is 1. The van der Waals surface area contributed by atoms with Gasteiger partial charge < -0.3 is 15.4 Å². The van der Waals surface area contributed by atoms with Crippen LogP contribution in [0.25, 0.3) is 0 Å². The Hall–Kier alpha value is -2.20. The fourth-order valence-electron chi connectivity index (χ4n) is 1.71. The Morgan fingerprint density at radius 2 is 1.90 bits per heavy atom. The second-order valence-corrected chi connectivity index (χ2v) is 5.03. The van der Waals surface area contributed by atoms with E-state index < -0.39 is 0 Å². The van der Waals surface area contributed by atoms with Crippen LogP contribution in [0.4, 0.5) is 4.79 Å². The molecule has 0 saturated heterocycles. The van der Waals surface area contributed by atoms with E-state index in [4.69, 9.17) is 16.3 Å². The van der Waals surface area contributed by atoms with Gasteiger partial charge in [0.2, 0.25) is 0 Å². The molecule has 0 heterocycles. The second kappa shape index (κ2) is 7.55. The van der Waals surface area contributed by atoms with Gasteiger partial charge in [-0.05, 0) is 36.8 Å². The van der Waals surface area contributed by atoms with Crippen LogP contribution in [0.1, 0.15) is 11.1 Å². The van der Waals surface area contributed by atoms with Gasteiger partial charge in [-0.3, -0.25) is 0 Å². The summed E-state index contributed by atoms with van der Waals surface area (Å²) >= 11 is 5.87. The monoisotopic (exact) mass is 304 g/mol. The predicted molar refractivity (Wildman–Crippen MR) is 83.5 cm³/mol. The highest BCUT2D eigenvalue weighted by atomic mass is 35.5. The Balaban J connectivity index is 1.69. The minimum absolute atomic E-state index is 0.116. The van der Waals surface area contributed by atoms with Gasteiger partial charge in [-0.25, -0.2) is 4.79 Å². The third-order valence-electron chi connectivity index (χ3n) is 2.83. The molecule has 2 N–H and O–H groups in total. The van der Waals surface area contributed by atoms with Crippen LogP contribution < -0.4 is 15.4 Å². The average Bonchev–Trinajstić information content (AvgIpc) is 2.47. The standard InChI is InChI=1S/C16H17ClN2O2/c1-12-5-7-15(8-6-12)21-11-19-16(20)18-10-13-3-2-4-14(17)9-13/h2-9H,10-11H2,1H3,(H2,18,19,20). The van der Waals surface area contributed by atoms with E-state index in [2.05, 4.69) is 10.6 Å². The molecule has 0 aliphatic carbocycles. The molecule has 0 spiro atoms. The molecule has 0 radical (unpaired) electrons. The number of amides is 2. The molecular weight excluding hydrogens is 288 g/mol. The fourth-order valence-corrected chi connectivity index (χ4v) is 1.92. The maximum absolute atomic E-state index is 11.6. The lowest BCUT2D eigenvalue weighted by Crippen LogP contribution is -2.37. The van der Waals surface area contributed by atoms with Crippen LogP contribution in [-0.4, -0.2) is 12.8 Å². The Bertz CT molecular complexity index is 599. The summed E-state index contributed by atoms with van der Waals surface area (Å²) in [5.74, 6) is 0.718. The minimum atomic E-state index is -0.290. The van der Waals surface area contributed by atoms with Crippen molar-refractivity contribution >= 4 is 17.6 Å². The molecule has 0 bridgehead atoms. The second-order valence-electron chi connectivity index (χ2n) is 4.59. The summed E-state index contributed by atoms with van der Waals surface area (Å²) in [6, 6.07) is 14.7. The molecule has 0 unspecified atom stereocenters. The number of benzene rings is 2. The highest BCUT2D eigenvalue weighted by Crippen LogP contribution is 2.11. The molecule has 5 heteroatoms. The van der Waals surface area contributed by atoms with Gasteiger partial charge in [-0.1, -0.05) is 41.4 Å². The van der Waals surface area contributed by atoms with Crippen molar-refractivity contribution < 1.29 is 9.53 Å². The Labute approximate surface area is 129 Å². The number of carbonyl (C=O) groups excluding carboxylic acids is 1. The van der Waals surface area contributed by atoms with Crippen molar-refractivity contribution in [3.05, 3.63) is 64.7 Å². The van der Waals surface area contributed by atoms with E-state index in [0.29, 0.717) is 11.6 Å². The Morgan fingerprint density at radius 1 is 1.14 bits per heavy atom. The van der Waals surface area contributed by atoms with Crippen molar-refractivity contribution in [2.24, 2.45) is 0 Å². The number of ether oxygens (including phenoxy) is 1. The van der Waals surface area contributed by atoms with Crippen molar-refractivity contribution in [3.8, 4) is 5.75 Å². The largest absolute Gasteiger partial charge is 0.473 e. The van der Waals surface area contributed by atoms with Gasteiger partial charge in [-0.2, -0.15) is 0 Å². The summed E-state index contributed by atoms with van der Waals surface area (Å²) in [4.78, 5) is 11.6. The zero-order valence-electron chi connectivity index (χ0n) is 11.7. The summed E-state index contributed by atoms with van der Waals surface area (Å²) < 4.78 is 5.41. The summed E-state index contributed by atoms with van der Waals surface area (Å²) in [6.45, 7) is 2.53. The number of halogens is 1. The van der Waals surface area contributed by atoms with Crippen LogP contribution in [0.5, 0.6) is 5.75 Å². The maximum atomic E-state index is 11.6. The molecular formula is C16H17ClN2O2. The van der Waals surface area contributed by atoms with Crippen molar-refractivity contribution in [1.82, 2.24) is 10.6 Å². The van der Waals surface area contributed by atoms with Crippen molar-refractivity contribution in [1.29, 1.82) is 0 Å². The molecule has 2 amide bonds. The van der Waals surface area contributed by atoms with Crippen molar-refractivity contribution in [3.63, 3.8) is 0 Å². The third-order valence-corrected chi connectivity index (χ3v) is 3.07. The number of aryl methyl sites for hydroxylation is 1. The molecule has 110 valence electrons. The first-order chi connectivity index (χ1) is 10.1. The minimum Gasteiger partial charge on any atom is -0.473 e. The van der Waals surface area contributed by atoms with Gasteiger partial charge in [0.1, 0.15) is 5.75 Å². The van der Waals surface area contributed by atoms with Gasteiger partial charge in [0.25, 0.3) is 0 Å². The number of urea groups is 1. The van der Waals surface area contributed by atoms with Gasteiger partial charge in [-0.15, -0.1) is 0 Å². The molecule has 4 nitrogen and oxygen atoms in total. The molecule has 0 fully saturated rings. The first-order valence-corrected chi connectivity index (χ1v) is 6.97. The van der Waals surface area contributed by atoms with Crippen molar-refractivity contribution in [2.45, 2.75) is 13.5 Å². The predicted octanol–water partition coefficient (Wildman–Crippen LogP) is 3.48. The van der Waals surface area contributed by atoms with Crippen LogP contribution in [0.15, 0.2) is 48.5 Å². The quantitative estimate of drug-likeness (QED) is 0.831. The third kappa shape index (κ3) is 5.36. The zero-order chi connectivity index (χ0) is 15.1. The summed E-state index contributed by atoms with van der Waals surface area (Å²) in [6.07, 6.45) is 0. The molecule has 0 aliphatic rings. The number of hydrogen-bond acceptors (Lipinski definition) is 2. The van der Waals surface area contributed by atoms with Crippen molar-refractivity contribution in [2.75, 3.05) is 6.73 Å². The number of rotatable bonds is 5. The van der Waals surface area contributed by atoms with E-state index in [0.717, 1.165) is 16.9 Å². The first kappa shape index (κ1) is 15.2. The summed E-state index contributed by atoms with van der Waals surface area (Å²) in [5.41, 5.74) is 2.10. The molecule has 0 aliphatic heterocycles. The fraction of sp³-hybridized carbons (Fsp3) is 0.188. The van der Waals surface area contributed by atoms with E-state index >= 15 is 0 Å². The van der Waals surface area contributed by atoms with E-state index in [1.54, 1.807) is 6.07 Å².